The van der Waals surface area contributed by atoms with E-state index in [0.717, 1.165) is 37.8 Å². The van der Waals surface area contributed by atoms with E-state index in [0.29, 0.717) is 0 Å². The van der Waals surface area contributed by atoms with Crippen LogP contribution in [-0.2, 0) is 9.16 Å². The van der Waals surface area contributed by atoms with Crippen LogP contribution < -0.4 is 0 Å². The van der Waals surface area contributed by atoms with Gasteiger partial charge in [-0.2, -0.15) is 0 Å². The Morgan fingerprint density at radius 2 is 1.79 bits per heavy atom. The average Bonchev–Trinajstić information content (AvgIpc) is 2.27. The van der Waals surface area contributed by atoms with E-state index in [1.165, 1.54) is 0 Å². The molecule has 110 valence electrons. The molecule has 1 aliphatic rings. The average molecular weight is 283 g/mol. The maximum absolute atomic E-state index is 6.46. The second-order valence-electron chi connectivity index (χ2n) is 6.79. The van der Waals surface area contributed by atoms with E-state index in [-0.39, 0.29) is 5.04 Å². The van der Waals surface area contributed by atoms with Gasteiger partial charge in [-0.15, -0.1) is 0 Å². The molecule has 0 amide bonds. The first-order valence-electron chi connectivity index (χ1n) is 7.02. The Hall–Kier alpha value is -0.743. The van der Waals surface area contributed by atoms with Crippen LogP contribution in [0.1, 0.15) is 27.7 Å². The Morgan fingerprint density at radius 1 is 1.26 bits per heavy atom. The first kappa shape index (κ1) is 16.3. The van der Waals surface area contributed by atoms with Crippen molar-refractivity contribution in [3.8, 4) is 0 Å². The molecule has 19 heavy (non-hydrogen) atoms. The zero-order valence-electron chi connectivity index (χ0n) is 13.4. The largest absolute Gasteiger partial charge is 0.532 e. The lowest BCUT2D eigenvalue weighted by molar-refractivity contribution is 0.0331. The third kappa shape index (κ3) is 4.69. The lowest BCUT2D eigenvalue weighted by Gasteiger charge is -2.41. The molecule has 4 heteroatoms. The summed E-state index contributed by atoms with van der Waals surface area (Å²) < 4.78 is 11.9. The molecule has 0 aromatic carbocycles. The number of nitrogens with zero attached hydrogens (tertiary/aromatic N) is 1. The van der Waals surface area contributed by atoms with Gasteiger partial charge in [-0.25, -0.2) is 0 Å². The predicted molar refractivity (Wildman–Crippen MR) is 83.6 cm³/mol. The molecule has 0 unspecified atom stereocenters. The fourth-order valence-corrected chi connectivity index (χ4v) is 2.61. The molecule has 0 saturated carbocycles. The zero-order valence-corrected chi connectivity index (χ0v) is 14.4. The molecule has 1 fully saturated rings. The molecule has 0 atom stereocenters. The molecule has 0 aliphatic carbocycles. The van der Waals surface area contributed by atoms with Crippen LogP contribution in [0.15, 0.2) is 24.1 Å². The van der Waals surface area contributed by atoms with E-state index in [2.05, 4.69) is 51.4 Å². The standard InChI is InChI=1S/C15H29NO2Si/c1-13(2)12-14(16-8-10-17-11-9-16)18-19(6,7)15(3,4)5/h12H,1,8-11H2,2-7H3/b14-12+. The van der Waals surface area contributed by atoms with Crippen LogP contribution in [0.3, 0.4) is 0 Å². The summed E-state index contributed by atoms with van der Waals surface area (Å²) in [6.07, 6.45) is 2.06. The fourth-order valence-electron chi connectivity index (χ4n) is 1.59. The van der Waals surface area contributed by atoms with Gasteiger partial charge in [0, 0.05) is 13.1 Å². The summed E-state index contributed by atoms with van der Waals surface area (Å²) in [4.78, 5) is 2.28. The number of rotatable bonds is 4. The minimum atomic E-state index is -1.81. The third-order valence-electron chi connectivity index (χ3n) is 3.86. The van der Waals surface area contributed by atoms with Crippen molar-refractivity contribution in [1.82, 2.24) is 4.90 Å². The molecule has 0 aromatic rings. The maximum atomic E-state index is 6.46. The molecule has 3 nitrogen and oxygen atoms in total. The predicted octanol–water partition coefficient (Wildman–Crippen LogP) is 3.76. The van der Waals surface area contributed by atoms with Crippen LogP contribution in [0.2, 0.25) is 18.1 Å². The Labute approximate surface area is 119 Å². The molecule has 1 saturated heterocycles. The normalized spacial score (nSPS) is 18.4. The van der Waals surface area contributed by atoms with Crippen molar-refractivity contribution in [2.45, 2.75) is 45.8 Å². The van der Waals surface area contributed by atoms with E-state index in [1.807, 2.05) is 6.92 Å². The number of hydrogen-bond donors (Lipinski definition) is 0. The van der Waals surface area contributed by atoms with Crippen LogP contribution in [0.25, 0.3) is 0 Å². The Balaban J connectivity index is 2.90. The summed E-state index contributed by atoms with van der Waals surface area (Å²) in [6.45, 7) is 20.7. The monoisotopic (exact) mass is 283 g/mol. The summed E-state index contributed by atoms with van der Waals surface area (Å²) in [6, 6.07) is 0. The molecular formula is C15H29NO2Si. The number of ether oxygens (including phenoxy) is 1. The Kier molecular flexibility index (Phi) is 5.27. The molecule has 1 aliphatic heterocycles. The van der Waals surface area contributed by atoms with E-state index in [4.69, 9.17) is 9.16 Å². The summed E-state index contributed by atoms with van der Waals surface area (Å²) in [7, 11) is -1.81. The zero-order chi connectivity index (χ0) is 14.7. The molecule has 1 heterocycles. The highest BCUT2D eigenvalue weighted by Gasteiger charge is 2.40. The highest BCUT2D eigenvalue weighted by Crippen LogP contribution is 2.38. The quantitative estimate of drug-likeness (QED) is 0.445. The van der Waals surface area contributed by atoms with Crippen molar-refractivity contribution < 1.29 is 9.16 Å². The second kappa shape index (κ2) is 6.14. The van der Waals surface area contributed by atoms with E-state index in [1.54, 1.807) is 0 Å². The lowest BCUT2D eigenvalue weighted by atomic mass is 10.2. The highest BCUT2D eigenvalue weighted by atomic mass is 28.4. The highest BCUT2D eigenvalue weighted by molar-refractivity contribution is 6.74. The summed E-state index contributed by atoms with van der Waals surface area (Å²) in [5.41, 5.74) is 1.03. The van der Waals surface area contributed by atoms with Gasteiger partial charge in [0.15, 0.2) is 5.88 Å². The number of hydrogen-bond acceptors (Lipinski definition) is 3. The van der Waals surface area contributed by atoms with Crippen LogP contribution >= 0.6 is 0 Å². The Morgan fingerprint density at radius 3 is 2.21 bits per heavy atom. The van der Waals surface area contributed by atoms with Crippen molar-refractivity contribution in [2.75, 3.05) is 26.3 Å². The van der Waals surface area contributed by atoms with Gasteiger partial charge in [-0.05, 0) is 31.1 Å². The Bertz CT molecular complexity index is 350. The summed E-state index contributed by atoms with van der Waals surface area (Å²) >= 11 is 0. The molecule has 0 spiro atoms. The van der Waals surface area contributed by atoms with E-state index >= 15 is 0 Å². The summed E-state index contributed by atoms with van der Waals surface area (Å²) in [5.74, 6) is 0.974. The molecule has 0 aromatic heterocycles. The van der Waals surface area contributed by atoms with Gasteiger partial charge in [-0.3, -0.25) is 0 Å². The first-order valence-corrected chi connectivity index (χ1v) is 9.93. The molecular weight excluding hydrogens is 254 g/mol. The molecule has 0 radical (unpaired) electrons. The van der Waals surface area contributed by atoms with Crippen molar-refractivity contribution >= 4 is 8.32 Å². The summed E-state index contributed by atoms with van der Waals surface area (Å²) in [5, 5.41) is 0.202. The van der Waals surface area contributed by atoms with Crippen molar-refractivity contribution in [2.24, 2.45) is 0 Å². The second-order valence-corrected chi connectivity index (χ2v) is 11.5. The van der Waals surface area contributed by atoms with Gasteiger partial charge in [0.2, 0.25) is 0 Å². The minimum Gasteiger partial charge on any atom is -0.532 e. The van der Waals surface area contributed by atoms with Crippen molar-refractivity contribution in [1.29, 1.82) is 0 Å². The van der Waals surface area contributed by atoms with Crippen LogP contribution in [0, 0.1) is 0 Å². The van der Waals surface area contributed by atoms with Crippen molar-refractivity contribution in [3.63, 3.8) is 0 Å². The smallest absolute Gasteiger partial charge is 0.252 e. The van der Waals surface area contributed by atoms with Crippen LogP contribution in [0.5, 0.6) is 0 Å². The molecule has 1 rings (SSSR count). The lowest BCUT2D eigenvalue weighted by Crippen LogP contribution is -2.45. The van der Waals surface area contributed by atoms with Gasteiger partial charge in [-0.1, -0.05) is 32.9 Å². The minimum absolute atomic E-state index is 0.202. The maximum Gasteiger partial charge on any atom is 0.252 e. The molecule has 0 bridgehead atoms. The fraction of sp³-hybridized carbons (Fsp3) is 0.733. The number of allylic oxidation sites excluding steroid dienone is 2. The van der Waals surface area contributed by atoms with Crippen LogP contribution in [0.4, 0.5) is 0 Å². The van der Waals surface area contributed by atoms with Gasteiger partial charge in [0.05, 0.1) is 13.2 Å². The van der Waals surface area contributed by atoms with Gasteiger partial charge in [0.1, 0.15) is 0 Å². The molecule has 0 N–H and O–H groups in total. The first-order chi connectivity index (χ1) is 8.63. The third-order valence-corrected chi connectivity index (χ3v) is 8.19. The van der Waals surface area contributed by atoms with E-state index < -0.39 is 8.32 Å². The SMILES string of the molecule is C=C(C)/C=C(/O[Si](C)(C)C(C)(C)C)N1CCOCC1. The van der Waals surface area contributed by atoms with Gasteiger partial charge in [0.25, 0.3) is 8.32 Å². The van der Waals surface area contributed by atoms with E-state index in [9.17, 15) is 0 Å². The van der Waals surface area contributed by atoms with Crippen LogP contribution in [-0.4, -0.2) is 39.5 Å². The van der Waals surface area contributed by atoms with Gasteiger partial charge < -0.3 is 14.1 Å². The van der Waals surface area contributed by atoms with Crippen molar-refractivity contribution in [3.05, 3.63) is 24.1 Å². The number of morpholine rings is 1. The topological polar surface area (TPSA) is 21.7 Å². The van der Waals surface area contributed by atoms with Gasteiger partial charge >= 0.3 is 0 Å².